The van der Waals surface area contributed by atoms with E-state index in [1.54, 1.807) is 0 Å². The van der Waals surface area contributed by atoms with E-state index >= 15 is 0 Å². The lowest BCUT2D eigenvalue weighted by Gasteiger charge is -2.29. The second kappa shape index (κ2) is 21.4. The monoisotopic (exact) mass is 424 g/mol. The van der Waals surface area contributed by atoms with Crippen LogP contribution in [-0.2, 0) is 9.53 Å². The van der Waals surface area contributed by atoms with E-state index in [1.807, 2.05) is 6.08 Å². The molecule has 0 aromatic carbocycles. The molecule has 0 aliphatic rings. The molecule has 0 atom stereocenters. The van der Waals surface area contributed by atoms with E-state index in [0.717, 1.165) is 30.3 Å². The maximum atomic E-state index is 11.9. The van der Waals surface area contributed by atoms with Gasteiger partial charge in [-0.2, -0.15) is 0 Å². The fraction of sp³-hybridized carbons (Fsp3) is 0.889. The van der Waals surface area contributed by atoms with Gasteiger partial charge in [-0.3, -0.25) is 4.79 Å². The van der Waals surface area contributed by atoms with Crippen LogP contribution in [0.25, 0.3) is 0 Å². The lowest BCUT2D eigenvalue weighted by atomic mass is 10.1. The van der Waals surface area contributed by atoms with Gasteiger partial charge in [0, 0.05) is 6.42 Å². The lowest BCUT2D eigenvalue weighted by molar-refractivity contribution is -0.890. The number of ether oxygens (including phenoxy) is 1. The lowest BCUT2D eigenvalue weighted by Crippen LogP contribution is -2.43. The average Bonchev–Trinajstić information content (AvgIpc) is 2.71. The molecule has 0 radical (unpaired) electrons. The first-order chi connectivity index (χ1) is 14.5. The number of hydrogen-bond donors (Lipinski definition) is 0. The Morgan fingerprint density at radius 1 is 0.733 bits per heavy atom. The first-order valence-electron chi connectivity index (χ1n) is 13.1. The number of rotatable bonds is 23. The molecule has 0 saturated carbocycles. The minimum Gasteiger partial charge on any atom is -0.460 e. The van der Waals surface area contributed by atoms with Crippen molar-refractivity contribution in [3.8, 4) is 0 Å². The fourth-order valence-corrected chi connectivity index (χ4v) is 3.88. The standard InChI is InChI=1S/C27H54NO2/c1-5-7-9-11-13-15-16-18-20-22-24-28(3,4)25-26-30-27(29)23-21-19-17-14-12-10-8-6-2/h6H,2,5,7-26H2,1,3-4H3/q+1. The molecule has 0 aliphatic heterocycles. The number of unbranched alkanes of at least 4 members (excludes halogenated alkanes) is 15. The minimum atomic E-state index is -0.0133. The highest BCUT2D eigenvalue weighted by Crippen LogP contribution is 2.12. The Labute approximate surface area is 189 Å². The summed E-state index contributed by atoms with van der Waals surface area (Å²) < 4.78 is 6.42. The van der Waals surface area contributed by atoms with E-state index in [1.165, 1.54) is 96.4 Å². The number of quaternary nitrogens is 1. The van der Waals surface area contributed by atoms with E-state index in [-0.39, 0.29) is 5.97 Å². The Bertz CT molecular complexity index is 392. The van der Waals surface area contributed by atoms with Crippen LogP contribution >= 0.6 is 0 Å². The minimum absolute atomic E-state index is 0.0133. The summed E-state index contributed by atoms with van der Waals surface area (Å²) in [5.41, 5.74) is 0. The van der Waals surface area contributed by atoms with Crippen molar-refractivity contribution < 1.29 is 14.0 Å². The molecule has 0 amide bonds. The van der Waals surface area contributed by atoms with Crippen molar-refractivity contribution in [1.82, 2.24) is 0 Å². The summed E-state index contributed by atoms with van der Waals surface area (Å²) in [5, 5.41) is 0. The van der Waals surface area contributed by atoms with Gasteiger partial charge in [-0.25, -0.2) is 0 Å². The van der Waals surface area contributed by atoms with Gasteiger partial charge >= 0.3 is 5.97 Å². The maximum absolute atomic E-state index is 11.9. The molecule has 0 heterocycles. The molecule has 0 bridgehead atoms. The van der Waals surface area contributed by atoms with Gasteiger partial charge in [0.25, 0.3) is 0 Å². The van der Waals surface area contributed by atoms with E-state index in [4.69, 9.17) is 4.74 Å². The number of esters is 1. The van der Waals surface area contributed by atoms with Crippen LogP contribution < -0.4 is 0 Å². The van der Waals surface area contributed by atoms with E-state index in [0.29, 0.717) is 13.0 Å². The number of hydrogen-bond acceptors (Lipinski definition) is 2. The van der Waals surface area contributed by atoms with Gasteiger partial charge in [0.1, 0.15) is 13.2 Å². The summed E-state index contributed by atoms with van der Waals surface area (Å²) in [5.74, 6) is -0.0133. The Morgan fingerprint density at radius 3 is 1.80 bits per heavy atom. The van der Waals surface area contributed by atoms with Crippen LogP contribution in [0.2, 0.25) is 0 Å². The molecule has 0 saturated heterocycles. The van der Waals surface area contributed by atoms with Gasteiger partial charge in [0.2, 0.25) is 0 Å². The van der Waals surface area contributed by atoms with Crippen LogP contribution in [0, 0.1) is 0 Å². The van der Waals surface area contributed by atoms with Gasteiger partial charge in [-0.1, -0.05) is 90.0 Å². The zero-order valence-electron chi connectivity index (χ0n) is 20.9. The van der Waals surface area contributed by atoms with Crippen LogP contribution in [0.3, 0.4) is 0 Å². The molecule has 0 aromatic heterocycles. The zero-order valence-corrected chi connectivity index (χ0v) is 20.9. The van der Waals surface area contributed by atoms with Crippen LogP contribution in [0.1, 0.15) is 122 Å². The molecule has 178 valence electrons. The molecular weight excluding hydrogens is 370 g/mol. The Kier molecular flexibility index (Phi) is 20.8. The third kappa shape index (κ3) is 21.9. The number of likely N-dealkylation sites (N-methyl/N-ethyl adjacent to an activating group) is 1. The second-order valence-corrected chi connectivity index (χ2v) is 9.73. The van der Waals surface area contributed by atoms with Gasteiger partial charge < -0.3 is 9.22 Å². The molecule has 0 aromatic rings. The van der Waals surface area contributed by atoms with Crippen LogP contribution in [0.4, 0.5) is 0 Å². The Morgan fingerprint density at radius 2 is 1.23 bits per heavy atom. The molecule has 0 N–H and O–H groups in total. The molecule has 0 unspecified atom stereocenters. The molecule has 0 fully saturated rings. The molecule has 30 heavy (non-hydrogen) atoms. The summed E-state index contributed by atoms with van der Waals surface area (Å²) in [6.45, 7) is 8.69. The molecule has 0 aliphatic carbocycles. The highest BCUT2D eigenvalue weighted by molar-refractivity contribution is 5.69. The summed E-state index contributed by atoms with van der Waals surface area (Å²) >= 11 is 0. The van der Waals surface area contributed by atoms with Crippen molar-refractivity contribution in [2.45, 2.75) is 122 Å². The smallest absolute Gasteiger partial charge is 0.305 e. The highest BCUT2D eigenvalue weighted by atomic mass is 16.5. The predicted molar refractivity (Wildman–Crippen MR) is 132 cm³/mol. The van der Waals surface area contributed by atoms with E-state index in [2.05, 4.69) is 27.6 Å². The first kappa shape index (κ1) is 29.2. The van der Waals surface area contributed by atoms with Crippen LogP contribution in [0.5, 0.6) is 0 Å². The van der Waals surface area contributed by atoms with E-state index < -0.39 is 0 Å². The van der Waals surface area contributed by atoms with Crippen LogP contribution in [0.15, 0.2) is 12.7 Å². The topological polar surface area (TPSA) is 26.3 Å². The number of carbonyl (C=O) groups excluding carboxylic acids is 1. The summed E-state index contributed by atoms with van der Waals surface area (Å²) in [4.78, 5) is 11.9. The second-order valence-electron chi connectivity index (χ2n) is 9.73. The van der Waals surface area contributed by atoms with Gasteiger partial charge in [-0.05, 0) is 32.1 Å². The zero-order chi connectivity index (χ0) is 22.3. The Balaban J connectivity index is 3.48. The third-order valence-corrected chi connectivity index (χ3v) is 6.12. The number of carbonyl (C=O) groups is 1. The van der Waals surface area contributed by atoms with Crippen molar-refractivity contribution >= 4 is 5.97 Å². The summed E-state index contributed by atoms with van der Waals surface area (Å²) in [6, 6.07) is 0. The fourth-order valence-electron chi connectivity index (χ4n) is 3.88. The molecule has 3 heteroatoms. The normalized spacial score (nSPS) is 11.6. The van der Waals surface area contributed by atoms with Gasteiger partial charge in [0.15, 0.2) is 0 Å². The molecular formula is C27H54NO2+. The van der Waals surface area contributed by atoms with Crippen LogP contribution in [-0.4, -0.2) is 44.2 Å². The quantitative estimate of drug-likeness (QED) is 0.0722. The molecule has 0 rings (SSSR count). The molecule has 3 nitrogen and oxygen atoms in total. The van der Waals surface area contributed by atoms with Crippen molar-refractivity contribution in [3.63, 3.8) is 0 Å². The van der Waals surface area contributed by atoms with Crippen molar-refractivity contribution in [3.05, 3.63) is 12.7 Å². The average molecular weight is 425 g/mol. The summed E-state index contributed by atoms with van der Waals surface area (Å²) in [7, 11) is 4.52. The maximum Gasteiger partial charge on any atom is 0.305 e. The SMILES string of the molecule is C=CCCCCCCCCC(=O)OCC[N+](C)(C)CCCCCCCCCCCC. The van der Waals surface area contributed by atoms with Crippen molar-refractivity contribution in [2.75, 3.05) is 33.8 Å². The highest BCUT2D eigenvalue weighted by Gasteiger charge is 2.15. The third-order valence-electron chi connectivity index (χ3n) is 6.12. The van der Waals surface area contributed by atoms with Gasteiger partial charge in [-0.15, -0.1) is 6.58 Å². The predicted octanol–water partition coefficient (Wildman–Crippen LogP) is 7.83. The number of nitrogens with zero attached hydrogens (tertiary/aromatic N) is 1. The van der Waals surface area contributed by atoms with Crippen molar-refractivity contribution in [2.24, 2.45) is 0 Å². The summed E-state index contributed by atoms with van der Waals surface area (Å²) in [6.07, 6.45) is 24.6. The van der Waals surface area contributed by atoms with Crippen molar-refractivity contribution in [1.29, 1.82) is 0 Å². The first-order valence-corrected chi connectivity index (χ1v) is 13.1. The largest absolute Gasteiger partial charge is 0.460 e. The molecule has 0 spiro atoms. The Hall–Kier alpha value is -0.830. The number of allylic oxidation sites excluding steroid dienone is 1. The van der Waals surface area contributed by atoms with Gasteiger partial charge in [0.05, 0.1) is 20.6 Å². The van der Waals surface area contributed by atoms with E-state index in [9.17, 15) is 4.79 Å².